The number of hydrogen-bond acceptors (Lipinski definition) is 7. The molecule has 0 bridgehead atoms. The maximum absolute atomic E-state index is 12.8. The van der Waals surface area contributed by atoms with E-state index in [0.29, 0.717) is 17.0 Å². The van der Waals surface area contributed by atoms with Gasteiger partial charge in [0.2, 0.25) is 0 Å². The monoisotopic (exact) mass is 439 g/mol. The molecule has 2 aliphatic rings. The number of non-ortho nitro benzene ring substituents is 1. The van der Waals surface area contributed by atoms with Crippen molar-refractivity contribution in [3.8, 4) is 0 Å². The van der Waals surface area contributed by atoms with E-state index in [1.807, 2.05) is 6.92 Å². The van der Waals surface area contributed by atoms with E-state index < -0.39 is 19.0 Å². The number of ether oxygens (including phenoxy) is 1. The zero-order valence-electron chi connectivity index (χ0n) is 16.7. The van der Waals surface area contributed by atoms with Crippen LogP contribution < -0.4 is 5.09 Å². The molecule has 158 valence electrons. The standard InChI is InChI=1S/C19H26N3O5PS/c1-4-28(5-2)20-15-17(23)21-16(12(3)11-29-18(15)21)19(24)27-10-13-6-8-14(9-7-13)22(25)26/h6-9,15,18,20H,4-5,10-11,28H2,1-3H3/t15-,18+/m1/s1. The van der Waals surface area contributed by atoms with Crippen molar-refractivity contribution in [3.63, 3.8) is 0 Å². The predicted octanol–water partition coefficient (Wildman–Crippen LogP) is 2.69. The molecule has 29 heavy (non-hydrogen) atoms. The summed E-state index contributed by atoms with van der Waals surface area (Å²) in [5, 5.41) is 14.2. The molecule has 8 nitrogen and oxygen atoms in total. The number of fused-ring (bicyclic) bond motifs is 1. The van der Waals surface area contributed by atoms with Gasteiger partial charge in [0.25, 0.3) is 0 Å². The van der Waals surface area contributed by atoms with Crippen LogP contribution in [0.2, 0.25) is 0 Å². The van der Waals surface area contributed by atoms with Gasteiger partial charge in [0.05, 0.1) is 4.92 Å². The summed E-state index contributed by atoms with van der Waals surface area (Å²) in [6.45, 7) is 6.13. The van der Waals surface area contributed by atoms with Crippen molar-refractivity contribution in [2.75, 3.05) is 18.1 Å². The summed E-state index contributed by atoms with van der Waals surface area (Å²) in [5.74, 6) is 0.0833. The van der Waals surface area contributed by atoms with E-state index in [1.54, 1.807) is 28.8 Å². The van der Waals surface area contributed by atoms with Gasteiger partial charge < -0.3 is 0 Å². The number of esters is 1. The fourth-order valence-electron chi connectivity index (χ4n) is 3.49. The Morgan fingerprint density at radius 1 is 1.34 bits per heavy atom. The number of thioether (sulfide) groups is 1. The van der Waals surface area contributed by atoms with Crippen LogP contribution >= 0.6 is 19.8 Å². The second-order valence-electron chi connectivity index (χ2n) is 7.20. The molecule has 1 amide bonds. The number of nitrogens with zero attached hydrogens (tertiary/aromatic N) is 2. The van der Waals surface area contributed by atoms with E-state index in [4.69, 9.17) is 4.74 Å². The summed E-state index contributed by atoms with van der Waals surface area (Å²) in [6, 6.07) is 5.64. The SMILES string of the molecule is CC[PH2](CC)N[C@@H]1C(=O)N2C(C(=O)OCc3ccc([N+](=O)[O-])cc3)=C(C)CS[C@@H]12. The van der Waals surface area contributed by atoms with Crippen LogP contribution in [-0.2, 0) is 20.9 Å². The van der Waals surface area contributed by atoms with Crippen molar-refractivity contribution in [3.05, 3.63) is 51.2 Å². The van der Waals surface area contributed by atoms with Crippen LogP contribution in [-0.4, -0.2) is 51.2 Å². The van der Waals surface area contributed by atoms with Crippen molar-refractivity contribution >= 4 is 37.4 Å². The Morgan fingerprint density at radius 3 is 2.59 bits per heavy atom. The van der Waals surface area contributed by atoms with E-state index in [9.17, 15) is 19.7 Å². The second kappa shape index (κ2) is 9.24. The van der Waals surface area contributed by atoms with E-state index in [-0.39, 0.29) is 29.6 Å². The van der Waals surface area contributed by atoms with Gasteiger partial charge in [-0.1, -0.05) is 0 Å². The molecule has 2 heterocycles. The third-order valence-electron chi connectivity index (χ3n) is 5.27. The molecule has 10 heteroatoms. The summed E-state index contributed by atoms with van der Waals surface area (Å²) in [4.78, 5) is 37.3. The van der Waals surface area contributed by atoms with Crippen LogP contribution in [0.5, 0.6) is 0 Å². The zero-order valence-corrected chi connectivity index (χ0v) is 18.7. The molecule has 0 radical (unpaired) electrons. The van der Waals surface area contributed by atoms with Gasteiger partial charge in [-0.25, -0.2) is 0 Å². The van der Waals surface area contributed by atoms with Gasteiger partial charge in [-0.05, 0) is 0 Å². The average molecular weight is 439 g/mol. The van der Waals surface area contributed by atoms with Crippen molar-refractivity contribution in [1.29, 1.82) is 0 Å². The molecule has 0 unspecified atom stereocenters. The zero-order chi connectivity index (χ0) is 21.1. The number of β-lactam (4-membered cyclic amide) rings is 1. The molecule has 2 aliphatic heterocycles. The number of hydrogen-bond donors (Lipinski definition) is 1. The molecule has 1 fully saturated rings. The molecule has 2 atom stereocenters. The number of nitrogens with one attached hydrogen (secondary N) is 1. The van der Waals surface area contributed by atoms with Crippen LogP contribution in [0, 0.1) is 10.1 Å². The Labute approximate surface area is 175 Å². The van der Waals surface area contributed by atoms with E-state index >= 15 is 0 Å². The fourth-order valence-corrected chi connectivity index (χ4v) is 6.82. The Morgan fingerprint density at radius 2 is 2.00 bits per heavy atom. The van der Waals surface area contributed by atoms with Gasteiger partial charge in [0.15, 0.2) is 0 Å². The Bertz CT molecular complexity index is 841. The minimum absolute atomic E-state index is 0.00418. The number of carbonyl (C=O) groups is 2. The molecule has 3 rings (SSSR count). The predicted molar refractivity (Wildman–Crippen MR) is 116 cm³/mol. The molecular weight excluding hydrogens is 413 g/mol. The molecule has 0 aliphatic carbocycles. The first-order valence-electron chi connectivity index (χ1n) is 9.68. The average Bonchev–Trinajstić information content (AvgIpc) is 2.72. The van der Waals surface area contributed by atoms with Crippen molar-refractivity contribution in [2.24, 2.45) is 0 Å². The normalized spacial score (nSPS) is 21.4. The van der Waals surface area contributed by atoms with Crippen molar-refractivity contribution in [2.45, 2.75) is 38.8 Å². The topological polar surface area (TPSA) is 102 Å². The van der Waals surface area contributed by atoms with Gasteiger partial charge in [0, 0.05) is 0 Å². The van der Waals surface area contributed by atoms with Crippen molar-refractivity contribution in [1.82, 2.24) is 9.99 Å². The summed E-state index contributed by atoms with van der Waals surface area (Å²) in [6.07, 6.45) is 2.16. The van der Waals surface area contributed by atoms with Crippen LogP contribution in [0.4, 0.5) is 5.69 Å². The van der Waals surface area contributed by atoms with Gasteiger partial charge in [-0.3, -0.25) is 10.1 Å². The Balaban J connectivity index is 1.65. The van der Waals surface area contributed by atoms with Crippen LogP contribution in [0.1, 0.15) is 26.3 Å². The van der Waals surface area contributed by atoms with Crippen molar-refractivity contribution < 1.29 is 19.2 Å². The quantitative estimate of drug-likeness (QED) is 0.218. The molecule has 1 aromatic rings. The van der Waals surface area contributed by atoms with Crippen LogP contribution in [0.3, 0.4) is 0 Å². The molecule has 1 saturated heterocycles. The number of rotatable bonds is 8. The first kappa shape index (κ1) is 21.7. The van der Waals surface area contributed by atoms with Crippen LogP contribution in [0.15, 0.2) is 35.5 Å². The Kier molecular flexibility index (Phi) is 6.93. The minimum atomic E-state index is -1.14. The van der Waals surface area contributed by atoms with Gasteiger partial charge in [0.1, 0.15) is 0 Å². The number of amides is 1. The molecule has 0 aromatic heterocycles. The second-order valence-corrected chi connectivity index (χ2v) is 11.7. The Hall–Kier alpha value is -1.96. The van der Waals surface area contributed by atoms with Gasteiger partial charge >= 0.3 is 160 Å². The van der Waals surface area contributed by atoms with Gasteiger partial charge in [-0.15, -0.1) is 0 Å². The molecule has 0 spiro atoms. The first-order chi connectivity index (χ1) is 13.9. The third kappa shape index (κ3) is 4.47. The van der Waals surface area contributed by atoms with Gasteiger partial charge in [-0.2, -0.15) is 0 Å². The number of carbonyl (C=O) groups excluding carboxylic acids is 2. The number of benzene rings is 1. The van der Waals surface area contributed by atoms with E-state index in [2.05, 4.69) is 18.9 Å². The summed E-state index contributed by atoms with van der Waals surface area (Å²) < 4.78 is 5.42. The third-order valence-corrected chi connectivity index (χ3v) is 9.50. The summed E-state index contributed by atoms with van der Waals surface area (Å²) in [7, 11) is -1.14. The molecule has 0 saturated carbocycles. The summed E-state index contributed by atoms with van der Waals surface area (Å²) >= 11 is 1.67. The van der Waals surface area contributed by atoms with E-state index in [0.717, 1.165) is 17.9 Å². The molecule has 1 aromatic carbocycles. The number of nitro benzene ring substituents is 1. The molecule has 1 N–H and O–H groups in total. The summed E-state index contributed by atoms with van der Waals surface area (Å²) in [5.41, 5.74) is 1.80. The number of nitro groups is 1. The van der Waals surface area contributed by atoms with Crippen LogP contribution in [0.25, 0.3) is 0 Å². The van der Waals surface area contributed by atoms with E-state index in [1.165, 1.54) is 12.1 Å². The maximum atomic E-state index is 12.8. The molecular formula is C19H26N3O5PS. The first-order valence-corrected chi connectivity index (χ1v) is 12.9. The fraction of sp³-hybridized carbons (Fsp3) is 0.474.